The standard InChI is InChI=1S/C12H12N2O/c1-10-13-7-12(8-14-10)15-9-11-5-3-2-4-6-11/h2-8H,9H2,1H3. The van der Waals surface area contributed by atoms with Crippen LogP contribution in [0, 0.1) is 6.92 Å². The lowest BCUT2D eigenvalue weighted by atomic mass is 10.2. The molecule has 0 fully saturated rings. The molecule has 0 N–H and O–H groups in total. The van der Waals surface area contributed by atoms with Gasteiger partial charge in [0, 0.05) is 0 Å². The maximum absolute atomic E-state index is 5.52. The molecular formula is C12H12N2O. The van der Waals surface area contributed by atoms with Crippen molar-refractivity contribution in [3.8, 4) is 5.75 Å². The summed E-state index contributed by atoms with van der Waals surface area (Å²) in [5.74, 6) is 1.45. The van der Waals surface area contributed by atoms with Gasteiger partial charge in [0.05, 0.1) is 12.4 Å². The molecule has 1 aromatic heterocycles. The first-order valence-electron chi connectivity index (χ1n) is 4.80. The molecule has 0 unspecified atom stereocenters. The maximum atomic E-state index is 5.52. The molecule has 0 amide bonds. The van der Waals surface area contributed by atoms with Gasteiger partial charge < -0.3 is 4.74 Å². The highest BCUT2D eigenvalue weighted by Crippen LogP contribution is 2.09. The van der Waals surface area contributed by atoms with Crippen molar-refractivity contribution >= 4 is 0 Å². The Labute approximate surface area is 88.8 Å². The normalized spacial score (nSPS) is 9.93. The highest BCUT2D eigenvalue weighted by Gasteiger charge is 1.95. The summed E-state index contributed by atoms with van der Waals surface area (Å²) in [5, 5.41) is 0. The Morgan fingerprint density at radius 2 is 1.73 bits per heavy atom. The molecule has 0 spiro atoms. The lowest BCUT2D eigenvalue weighted by molar-refractivity contribution is 0.303. The second-order valence-corrected chi connectivity index (χ2v) is 3.24. The number of aryl methyl sites for hydroxylation is 1. The van der Waals surface area contributed by atoms with Crippen LogP contribution in [0.1, 0.15) is 11.4 Å². The van der Waals surface area contributed by atoms with E-state index in [9.17, 15) is 0 Å². The molecule has 0 aliphatic carbocycles. The van der Waals surface area contributed by atoms with Crippen LogP contribution < -0.4 is 4.74 Å². The van der Waals surface area contributed by atoms with Gasteiger partial charge in [-0.25, -0.2) is 9.97 Å². The summed E-state index contributed by atoms with van der Waals surface area (Å²) in [7, 11) is 0. The maximum Gasteiger partial charge on any atom is 0.156 e. The zero-order valence-electron chi connectivity index (χ0n) is 8.55. The van der Waals surface area contributed by atoms with Gasteiger partial charge in [0.25, 0.3) is 0 Å². The minimum atomic E-state index is 0.549. The quantitative estimate of drug-likeness (QED) is 0.762. The van der Waals surface area contributed by atoms with Gasteiger partial charge in [-0.3, -0.25) is 0 Å². The van der Waals surface area contributed by atoms with E-state index < -0.39 is 0 Å². The lowest BCUT2D eigenvalue weighted by Crippen LogP contribution is -1.96. The Kier molecular flexibility index (Phi) is 2.93. The summed E-state index contributed by atoms with van der Waals surface area (Å²) in [4.78, 5) is 8.11. The molecule has 0 aliphatic heterocycles. The Morgan fingerprint density at radius 1 is 1.07 bits per heavy atom. The fourth-order valence-electron chi connectivity index (χ4n) is 1.20. The van der Waals surface area contributed by atoms with Crippen molar-refractivity contribution in [3.05, 3.63) is 54.1 Å². The first-order chi connectivity index (χ1) is 7.34. The third kappa shape index (κ3) is 2.77. The van der Waals surface area contributed by atoms with E-state index in [0.717, 1.165) is 11.4 Å². The highest BCUT2D eigenvalue weighted by molar-refractivity contribution is 5.16. The van der Waals surface area contributed by atoms with E-state index in [-0.39, 0.29) is 0 Å². The molecule has 0 atom stereocenters. The van der Waals surface area contributed by atoms with Gasteiger partial charge >= 0.3 is 0 Å². The summed E-state index contributed by atoms with van der Waals surface area (Å²) in [6.45, 7) is 2.40. The van der Waals surface area contributed by atoms with Gasteiger partial charge in [-0.2, -0.15) is 0 Å². The van der Waals surface area contributed by atoms with Crippen LogP contribution in [0.3, 0.4) is 0 Å². The van der Waals surface area contributed by atoms with Crippen LogP contribution in [-0.4, -0.2) is 9.97 Å². The van der Waals surface area contributed by atoms with E-state index in [1.54, 1.807) is 12.4 Å². The largest absolute Gasteiger partial charge is 0.486 e. The molecule has 0 saturated heterocycles. The molecule has 76 valence electrons. The number of rotatable bonds is 3. The molecule has 3 nitrogen and oxygen atoms in total. The van der Waals surface area contributed by atoms with Crippen molar-refractivity contribution in [2.45, 2.75) is 13.5 Å². The Hall–Kier alpha value is -1.90. The highest BCUT2D eigenvalue weighted by atomic mass is 16.5. The van der Waals surface area contributed by atoms with Crippen LogP contribution in [0.25, 0.3) is 0 Å². The molecule has 0 saturated carbocycles. The zero-order chi connectivity index (χ0) is 10.5. The van der Waals surface area contributed by atoms with Gasteiger partial charge in [-0.05, 0) is 12.5 Å². The van der Waals surface area contributed by atoms with Gasteiger partial charge in [-0.1, -0.05) is 30.3 Å². The van der Waals surface area contributed by atoms with E-state index in [1.807, 2.05) is 37.3 Å². The second-order valence-electron chi connectivity index (χ2n) is 3.24. The molecular weight excluding hydrogens is 188 g/mol. The third-order valence-electron chi connectivity index (χ3n) is 2.01. The van der Waals surface area contributed by atoms with Crippen LogP contribution in [0.15, 0.2) is 42.7 Å². The molecule has 15 heavy (non-hydrogen) atoms. The molecule has 1 aromatic carbocycles. The summed E-state index contributed by atoms with van der Waals surface area (Å²) >= 11 is 0. The van der Waals surface area contributed by atoms with E-state index in [1.165, 1.54) is 0 Å². The summed E-state index contributed by atoms with van der Waals surface area (Å²) < 4.78 is 5.52. The molecule has 2 aromatic rings. The lowest BCUT2D eigenvalue weighted by Gasteiger charge is -2.04. The fraction of sp³-hybridized carbons (Fsp3) is 0.167. The van der Waals surface area contributed by atoms with Crippen molar-refractivity contribution in [2.24, 2.45) is 0 Å². The topological polar surface area (TPSA) is 35.0 Å². The summed E-state index contributed by atoms with van der Waals surface area (Å²) in [6.07, 6.45) is 3.37. The minimum absolute atomic E-state index is 0.549. The molecule has 1 heterocycles. The van der Waals surface area contributed by atoms with Crippen LogP contribution in [-0.2, 0) is 6.61 Å². The van der Waals surface area contributed by atoms with Gasteiger partial charge in [0.1, 0.15) is 12.4 Å². The predicted octanol–water partition coefficient (Wildman–Crippen LogP) is 2.36. The van der Waals surface area contributed by atoms with Crippen molar-refractivity contribution in [1.29, 1.82) is 0 Å². The van der Waals surface area contributed by atoms with Crippen LogP contribution in [0.5, 0.6) is 5.75 Å². The van der Waals surface area contributed by atoms with E-state index >= 15 is 0 Å². The molecule has 2 rings (SSSR count). The Bertz CT molecular complexity index is 411. The van der Waals surface area contributed by atoms with E-state index in [2.05, 4.69) is 9.97 Å². The van der Waals surface area contributed by atoms with Gasteiger partial charge in [0.15, 0.2) is 5.75 Å². The van der Waals surface area contributed by atoms with Crippen molar-refractivity contribution in [1.82, 2.24) is 9.97 Å². The minimum Gasteiger partial charge on any atom is -0.486 e. The molecule has 0 aliphatic rings. The van der Waals surface area contributed by atoms with Crippen LogP contribution >= 0.6 is 0 Å². The second kappa shape index (κ2) is 4.55. The molecule has 0 bridgehead atoms. The number of benzene rings is 1. The number of nitrogens with zero attached hydrogens (tertiary/aromatic N) is 2. The van der Waals surface area contributed by atoms with Crippen molar-refractivity contribution in [2.75, 3.05) is 0 Å². The Balaban J connectivity index is 1.96. The first kappa shape index (κ1) is 9.65. The molecule has 0 radical (unpaired) electrons. The fourth-order valence-corrected chi connectivity index (χ4v) is 1.20. The van der Waals surface area contributed by atoms with Crippen molar-refractivity contribution in [3.63, 3.8) is 0 Å². The van der Waals surface area contributed by atoms with Crippen LogP contribution in [0.4, 0.5) is 0 Å². The number of hydrogen-bond acceptors (Lipinski definition) is 3. The zero-order valence-corrected chi connectivity index (χ0v) is 8.55. The Morgan fingerprint density at radius 3 is 2.40 bits per heavy atom. The number of hydrogen-bond donors (Lipinski definition) is 0. The molecule has 3 heteroatoms. The SMILES string of the molecule is Cc1ncc(OCc2ccccc2)cn1. The van der Waals surface area contributed by atoms with E-state index in [4.69, 9.17) is 4.74 Å². The average Bonchev–Trinajstić information content (AvgIpc) is 2.30. The predicted molar refractivity (Wildman–Crippen MR) is 57.5 cm³/mol. The van der Waals surface area contributed by atoms with Gasteiger partial charge in [0.2, 0.25) is 0 Å². The third-order valence-corrected chi connectivity index (χ3v) is 2.01. The summed E-state index contributed by atoms with van der Waals surface area (Å²) in [5.41, 5.74) is 1.14. The van der Waals surface area contributed by atoms with E-state index in [0.29, 0.717) is 12.4 Å². The van der Waals surface area contributed by atoms with Crippen molar-refractivity contribution < 1.29 is 4.74 Å². The summed E-state index contributed by atoms with van der Waals surface area (Å²) in [6, 6.07) is 10.0. The first-order valence-corrected chi connectivity index (χ1v) is 4.80. The number of aromatic nitrogens is 2. The monoisotopic (exact) mass is 200 g/mol. The average molecular weight is 200 g/mol. The smallest absolute Gasteiger partial charge is 0.156 e. The van der Waals surface area contributed by atoms with Crippen LogP contribution in [0.2, 0.25) is 0 Å². The number of ether oxygens (including phenoxy) is 1. The van der Waals surface area contributed by atoms with Gasteiger partial charge in [-0.15, -0.1) is 0 Å².